The SMILES string of the molecule is CCOP(=O)(Nc1ccccn1)OCC. The summed E-state index contributed by atoms with van der Waals surface area (Å²) in [7, 11) is -3.25. The van der Waals surface area contributed by atoms with Gasteiger partial charge in [0.05, 0.1) is 13.2 Å². The van der Waals surface area contributed by atoms with Gasteiger partial charge in [-0.15, -0.1) is 0 Å². The highest BCUT2D eigenvalue weighted by Crippen LogP contribution is 2.47. The number of nitrogens with zero attached hydrogens (tertiary/aromatic N) is 1. The first-order valence-electron chi connectivity index (χ1n) is 4.78. The fraction of sp³-hybridized carbons (Fsp3) is 0.444. The van der Waals surface area contributed by atoms with E-state index in [1.165, 1.54) is 0 Å². The number of aromatic nitrogens is 1. The molecule has 1 heterocycles. The van der Waals surface area contributed by atoms with E-state index in [-0.39, 0.29) is 0 Å². The normalized spacial score (nSPS) is 11.3. The second kappa shape index (κ2) is 5.85. The molecule has 0 saturated carbocycles. The first kappa shape index (κ1) is 12.2. The van der Waals surface area contributed by atoms with Crippen LogP contribution in [0, 0.1) is 0 Å². The third-order valence-corrected chi connectivity index (χ3v) is 3.21. The van der Waals surface area contributed by atoms with Crippen LogP contribution in [-0.4, -0.2) is 18.2 Å². The molecule has 0 unspecified atom stereocenters. The van der Waals surface area contributed by atoms with Crippen molar-refractivity contribution in [2.75, 3.05) is 18.3 Å². The molecule has 0 aromatic carbocycles. The van der Waals surface area contributed by atoms with Crippen LogP contribution in [0.25, 0.3) is 0 Å². The minimum absolute atomic E-state index is 0.317. The van der Waals surface area contributed by atoms with Gasteiger partial charge in [-0.3, -0.25) is 14.1 Å². The predicted molar refractivity (Wildman–Crippen MR) is 58.7 cm³/mol. The van der Waals surface area contributed by atoms with Crippen LogP contribution in [0.1, 0.15) is 13.8 Å². The Morgan fingerprint density at radius 1 is 1.33 bits per heavy atom. The molecule has 1 aromatic heterocycles. The van der Waals surface area contributed by atoms with E-state index in [9.17, 15) is 4.57 Å². The maximum absolute atomic E-state index is 12.0. The summed E-state index contributed by atoms with van der Waals surface area (Å²) in [6.45, 7) is 4.14. The Hall–Kier alpha value is -0.900. The van der Waals surface area contributed by atoms with Crippen molar-refractivity contribution in [3.8, 4) is 0 Å². The average Bonchev–Trinajstić information content (AvgIpc) is 2.19. The van der Waals surface area contributed by atoms with Crippen LogP contribution in [0.4, 0.5) is 5.82 Å². The van der Waals surface area contributed by atoms with Crippen molar-refractivity contribution in [2.45, 2.75) is 13.8 Å². The molecule has 15 heavy (non-hydrogen) atoms. The molecule has 5 nitrogen and oxygen atoms in total. The highest BCUT2D eigenvalue weighted by atomic mass is 31.2. The van der Waals surface area contributed by atoms with Gasteiger partial charge in [-0.2, -0.15) is 0 Å². The number of hydrogen-bond donors (Lipinski definition) is 1. The van der Waals surface area contributed by atoms with Gasteiger partial charge in [0.2, 0.25) is 0 Å². The minimum Gasteiger partial charge on any atom is -0.293 e. The number of pyridine rings is 1. The van der Waals surface area contributed by atoms with Crippen LogP contribution in [0.5, 0.6) is 0 Å². The first-order valence-corrected chi connectivity index (χ1v) is 6.33. The van der Waals surface area contributed by atoms with Crippen LogP contribution in [0.15, 0.2) is 24.4 Å². The Morgan fingerprint density at radius 3 is 2.47 bits per heavy atom. The van der Waals surface area contributed by atoms with Gasteiger partial charge in [0.1, 0.15) is 5.82 Å². The molecule has 0 atom stereocenters. The van der Waals surface area contributed by atoms with Crippen LogP contribution in [0.2, 0.25) is 0 Å². The van der Waals surface area contributed by atoms with Gasteiger partial charge in [0, 0.05) is 6.20 Å². The van der Waals surface area contributed by atoms with Crippen molar-refractivity contribution >= 4 is 13.6 Å². The largest absolute Gasteiger partial charge is 0.433 e. The smallest absolute Gasteiger partial charge is 0.293 e. The molecule has 0 fully saturated rings. The van der Waals surface area contributed by atoms with Crippen molar-refractivity contribution in [3.05, 3.63) is 24.4 Å². The first-order chi connectivity index (χ1) is 7.20. The zero-order valence-corrected chi connectivity index (χ0v) is 9.74. The van der Waals surface area contributed by atoms with E-state index in [1.54, 1.807) is 38.2 Å². The molecule has 0 saturated heterocycles. The lowest BCUT2D eigenvalue weighted by atomic mass is 10.5. The number of rotatable bonds is 6. The van der Waals surface area contributed by atoms with Gasteiger partial charge in [-0.05, 0) is 26.0 Å². The lowest BCUT2D eigenvalue weighted by molar-refractivity contribution is 0.225. The number of nitrogens with one attached hydrogen (secondary N) is 1. The third kappa shape index (κ3) is 4.00. The molecule has 0 aliphatic carbocycles. The summed E-state index contributed by atoms with van der Waals surface area (Å²) >= 11 is 0. The van der Waals surface area contributed by atoms with Crippen molar-refractivity contribution in [2.24, 2.45) is 0 Å². The molecule has 0 bridgehead atoms. The second-order valence-corrected chi connectivity index (χ2v) is 4.39. The summed E-state index contributed by atoms with van der Waals surface area (Å²) in [6, 6.07) is 5.26. The standard InChI is InChI=1S/C9H15N2O3P/c1-3-13-15(12,14-4-2)11-9-7-5-6-8-10-9/h5-8H,3-4H2,1-2H3,(H,10,11,12). The molecule has 0 aliphatic rings. The van der Waals surface area contributed by atoms with Crippen LogP contribution in [-0.2, 0) is 13.6 Å². The highest BCUT2D eigenvalue weighted by Gasteiger charge is 2.23. The predicted octanol–water partition coefficient (Wildman–Crippen LogP) is 2.67. The van der Waals surface area contributed by atoms with Gasteiger partial charge in [-0.1, -0.05) is 6.07 Å². The maximum Gasteiger partial charge on any atom is 0.433 e. The molecule has 1 N–H and O–H groups in total. The van der Waals surface area contributed by atoms with E-state index in [0.717, 1.165) is 0 Å². The summed E-state index contributed by atoms with van der Waals surface area (Å²) in [5.41, 5.74) is 0. The highest BCUT2D eigenvalue weighted by molar-refractivity contribution is 7.55. The lowest BCUT2D eigenvalue weighted by Gasteiger charge is -2.17. The molecule has 0 aliphatic heterocycles. The van der Waals surface area contributed by atoms with E-state index in [4.69, 9.17) is 9.05 Å². The molecule has 1 aromatic rings. The van der Waals surface area contributed by atoms with Crippen molar-refractivity contribution in [1.82, 2.24) is 4.98 Å². The molecular weight excluding hydrogens is 215 g/mol. The summed E-state index contributed by atoms with van der Waals surface area (Å²) in [6.07, 6.45) is 1.60. The zero-order chi connectivity index (χ0) is 11.1. The topological polar surface area (TPSA) is 60.5 Å². The van der Waals surface area contributed by atoms with Crippen molar-refractivity contribution in [1.29, 1.82) is 0 Å². The van der Waals surface area contributed by atoms with E-state index < -0.39 is 7.75 Å². The summed E-state index contributed by atoms with van der Waals surface area (Å²) in [5.74, 6) is 0.475. The molecule has 0 spiro atoms. The fourth-order valence-corrected chi connectivity index (χ4v) is 2.31. The van der Waals surface area contributed by atoms with Gasteiger partial charge in [-0.25, -0.2) is 9.55 Å². The molecule has 6 heteroatoms. The number of hydrogen-bond acceptors (Lipinski definition) is 4. The second-order valence-electron chi connectivity index (χ2n) is 2.66. The summed E-state index contributed by atoms with van der Waals surface area (Å²) < 4.78 is 22.1. The van der Waals surface area contributed by atoms with Gasteiger partial charge >= 0.3 is 7.75 Å². The van der Waals surface area contributed by atoms with Crippen LogP contribution in [0.3, 0.4) is 0 Å². The summed E-state index contributed by atoms with van der Waals surface area (Å²) in [4.78, 5) is 3.98. The van der Waals surface area contributed by atoms with Crippen molar-refractivity contribution < 1.29 is 13.6 Å². The molecular formula is C9H15N2O3P. The van der Waals surface area contributed by atoms with Crippen LogP contribution >= 0.6 is 7.75 Å². The quantitative estimate of drug-likeness (QED) is 0.761. The molecule has 1 rings (SSSR count). The Balaban J connectivity index is 2.71. The Morgan fingerprint density at radius 2 is 2.00 bits per heavy atom. The monoisotopic (exact) mass is 230 g/mol. The lowest BCUT2D eigenvalue weighted by Crippen LogP contribution is -2.05. The summed E-state index contributed by atoms with van der Waals surface area (Å²) in [5, 5.41) is 2.66. The van der Waals surface area contributed by atoms with Crippen LogP contribution < -0.4 is 5.09 Å². The molecule has 0 radical (unpaired) electrons. The Kier molecular flexibility index (Phi) is 4.75. The van der Waals surface area contributed by atoms with E-state index in [1.807, 2.05) is 0 Å². The van der Waals surface area contributed by atoms with Gasteiger partial charge < -0.3 is 0 Å². The van der Waals surface area contributed by atoms with Gasteiger partial charge in [0.15, 0.2) is 0 Å². The van der Waals surface area contributed by atoms with Crippen molar-refractivity contribution in [3.63, 3.8) is 0 Å². The molecule has 84 valence electrons. The Labute approximate surface area is 89.4 Å². The van der Waals surface area contributed by atoms with E-state index in [0.29, 0.717) is 19.0 Å². The maximum atomic E-state index is 12.0. The van der Waals surface area contributed by atoms with E-state index >= 15 is 0 Å². The van der Waals surface area contributed by atoms with Gasteiger partial charge in [0.25, 0.3) is 0 Å². The molecule has 0 amide bonds. The average molecular weight is 230 g/mol. The zero-order valence-electron chi connectivity index (χ0n) is 8.84. The Bertz CT molecular complexity index is 321. The minimum atomic E-state index is -3.25. The fourth-order valence-electron chi connectivity index (χ4n) is 1.01. The third-order valence-electron chi connectivity index (χ3n) is 1.51. The number of anilines is 1. The van der Waals surface area contributed by atoms with E-state index in [2.05, 4.69) is 10.1 Å².